The Balaban J connectivity index is 2.01. The molecule has 0 amide bonds. The lowest BCUT2D eigenvalue weighted by Gasteiger charge is -2.13. The highest BCUT2D eigenvalue weighted by atomic mass is 32.2. The smallest absolute Gasteiger partial charge is 0.292 e. The van der Waals surface area contributed by atoms with Crippen LogP contribution >= 0.6 is 11.8 Å². The van der Waals surface area contributed by atoms with Crippen LogP contribution in [0.3, 0.4) is 0 Å². The molecule has 0 radical (unpaired) electrons. The van der Waals surface area contributed by atoms with Crippen molar-refractivity contribution in [2.45, 2.75) is 30.8 Å². The predicted octanol–water partition coefficient (Wildman–Crippen LogP) is 1.79. The molecule has 21 heavy (non-hydrogen) atoms. The minimum Gasteiger partial charge on any atom is -0.292 e. The minimum atomic E-state index is -0.229. The zero-order valence-corrected chi connectivity index (χ0v) is 12.3. The van der Waals surface area contributed by atoms with E-state index in [0.29, 0.717) is 12.3 Å². The fourth-order valence-electron chi connectivity index (χ4n) is 2.64. The van der Waals surface area contributed by atoms with E-state index in [1.54, 1.807) is 17.0 Å². The molecule has 6 heteroatoms. The molecule has 0 N–H and O–H groups in total. The number of hydrogen-bond acceptors (Lipinski definition) is 5. The standard InChI is InChI=1S/C15H14N4OS/c16-6-9-21-14-12-2-1-3-13(12)19(15(20)18-14)10-11-4-7-17-8-5-11/h4-5,7-8H,1-3,9-10H2. The van der Waals surface area contributed by atoms with Gasteiger partial charge in [-0.3, -0.25) is 9.55 Å². The third kappa shape index (κ3) is 2.83. The third-order valence-electron chi connectivity index (χ3n) is 3.56. The van der Waals surface area contributed by atoms with Gasteiger partial charge in [0.1, 0.15) is 5.03 Å². The molecule has 2 aromatic heterocycles. The van der Waals surface area contributed by atoms with E-state index in [4.69, 9.17) is 5.26 Å². The predicted molar refractivity (Wildman–Crippen MR) is 80.2 cm³/mol. The average Bonchev–Trinajstić information content (AvgIpc) is 2.99. The van der Waals surface area contributed by atoms with Gasteiger partial charge in [0, 0.05) is 23.7 Å². The van der Waals surface area contributed by atoms with E-state index in [0.717, 1.165) is 41.1 Å². The number of aromatic nitrogens is 3. The summed E-state index contributed by atoms with van der Waals surface area (Å²) in [6, 6.07) is 5.91. The topological polar surface area (TPSA) is 71.6 Å². The molecule has 3 rings (SSSR count). The van der Waals surface area contributed by atoms with Gasteiger partial charge in [0.25, 0.3) is 0 Å². The van der Waals surface area contributed by atoms with Gasteiger partial charge in [0.2, 0.25) is 0 Å². The Morgan fingerprint density at radius 3 is 2.90 bits per heavy atom. The first-order chi connectivity index (χ1) is 10.3. The van der Waals surface area contributed by atoms with Crippen LogP contribution in [-0.2, 0) is 19.4 Å². The molecule has 0 unspecified atom stereocenters. The van der Waals surface area contributed by atoms with Crippen LogP contribution in [0.1, 0.15) is 23.2 Å². The van der Waals surface area contributed by atoms with Gasteiger partial charge in [-0.2, -0.15) is 10.2 Å². The minimum absolute atomic E-state index is 0.229. The highest BCUT2D eigenvalue weighted by Gasteiger charge is 2.21. The Morgan fingerprint density at radius 2 is 2.14 bits per heavy atom. The molecule has 0 spiro atoms. The number of hydrogen-bond donors (Lipinski definition) is 0. The van der Waals surface area contributed by atoms with Crippen molar-refractivity contribution < 1.29 is 0 Å². The van der Waals surface area contributed by atoms with Gasteiger partial charge in [-0.1, -0.05) is 11.8 Å². The molecule has 106 valence electrons. The fraction of sp³-hybridized carbons (Fsp3) is 0.333. The first-order valence-electron chi connectivity index (χ1n) is 6.81. The highest BCUT2D eigenvalue weighted by molar-refractivity contribution is 7.99. The Labute approximate surface area is 126 Å². The second-order valence-electron chi connectivity index (χ2n) is 4.87. The van der Waals surface area contributed by atoms with Crippen molar-refractivity contribution in [2.75, 3.05) is 5.75 Å². The third-order valence-corrected chi connectivity index (χ3v) is 4.45. The largest absolute Gasteiger partial charge is 0.349 e. The molecular formula is C15H14N4OS. The summed E-state index contributed by atoms with van der Waals surface area (Å²) in [5.41, 5.74) is 3.03. The van der Waals surface area contributed by atoms with E-state index < -0.39 is 0 Å². The van der Waals surface area contributed by atoms with Crippen LogP contribution in [0.2, 0.25) is 0 Å². The number of nitrogens with zero attached hydrogens (tertiary/aromatic N) is 4. The quantitative estimate of drug-likeness (QED) is 0.635. The molecular weight excluding hydrogens is 284 g/mol. The Bertz CT molecular complexity index is 749. The Hall–Kier alpha value is -2.13. The van der Waals surface area contributed by atoms with Gasteiger partial charge in [-0.15, -0.1) is 0 Å². The fourth-order valence-corrected chi connectivity index (χ4v) is 3.38. The maximum atomic E-state index is 12.3. The average molecular weight is 298 g/mol. The van der Waals surface area contributed by atoms with Crippen molar-refractivity contribution in [2.24, 2.45) is 0 Å². The molecule has 0 saturated carbocycles. The first kappa shape index (κ1) is 13.8. The summed E-state index contributed by atoms with van der Waals surface area (Å²) < 4.78 is 1.76. The van der Waals surface area contributed by atoms with Gasteiger partial charge >= 0.3 is 5.69 Å². The van der Waals surface area contributed by atoms with E-state index in [1.165, 1.54) is 11.8 Å². The van der Waals surface area contributed by atoms with E-state index >= 15 is 0 Å². The maximum Gasteiger partial charge on any atom is 0.349 e. The van der Waals surface area contributed by atoms with Crippen LogP contribution in [-0.4, -0.2) is 20.3 Å². The molecule has 5 nitrogen and oxygen atoms in total. The lowest BCUT2D eigenvalue weighted by atomic mass is 10.2. The number of thioether (sulfide) groups is 1. The van der Waals surface area contributed by atoms with Gasteiger partial charge in [-0.05, 0) is 37.0 Å². The summed E-state index contributed by atoms with van der Waals surface area (Å²) in [4.78, 5) is 20.5. The van der Waals surface area contributed by atoms with Crippen LogP contribution in [0.5, 0.6) is 0 Å². The van der Waals surface area contributed by atoms with E-state index in [1.807, 2.05) is 12.1 Å². The molecule has 1 aliphatic rings. The Kier molecular flexibility index (Phi) is 4.02. The molecule has 0 fully saturated rings. The molecule has 2 aromatic rings. The number of fused-ring (bicyclic) bond motifs is 1. The summed E-state index contributed by atoms with van der Waals surface area (Å²) in [5.74, 6) is 0.327. The molecule has 0 bridgehead atoms. The van der Waals surface area contributed by atoms with Crippen LogP contribution < -0.4 is 5.69 Å². The zero-order valence-electron chi connectivity index (χ0n) is 11.5. The molecule has 0 atom stereocenters. The first-order valence-corrected chi connectivity index (χ1v) is 7.79. The summed E-state index contributed by atoms with van der Waals surface area (Å²) in [6.45, 7) is 0.528. The maximum absolute atomic E-state index is 12.3. The second-order valence-corrected chi connectivity index (χ2v) is 5.83. The molecule has 0 aliphatic heterocycles. The van der Waals surface area contributed by atoms with Crippen LogP contribution in [0.15, 0.2) is 34.3 Å². The Morgan fingerprint density at radius 1 is 1.33 bits per heavy atom. The van der Waals surface area contributed by atoms with E-state index in [-0.39, 0.29) is 5.69 Å². The van der Waals surface area contributed by atoms with Crippen molar-refractivity contribution in [3.05, 3.63) is 51.8 Å². The summed E-state index contributed by atoms with van der Waals surface area (Å²) in [5, 5.41) is 9.44. The summed E-state index contributed by atoms with van der Waals surface area (Å²) >= 11 is 1.36. The van der Waals surface area contributed by atoms with Gasteiger partial charge < -0.3 is 0 Å². The zero-order chi connectivity index (χ0) is 14.7. The number of pyridine rings is 1. The molecule has 1 aliphatic carbocycles. The van der Waals surface area contributed by atoms with Crippen LogP contribution in [0.25, 0.3) is 0 Å². The van der Waals surface area contributed by atoms with E-state index in [9.17, 15) is 4.79 Å². The second kappa shape index (κ2) is 6.10. The van der Waals surface area contributed by atoms with Crippen molar-refractivity contribution in [1.82, 2.24) is 14.5 Å². The van der Waals surface area contributed by atoms with Crippen LogP contribution in [0.4, 0.5) is 0 Å². The number of nitriles is 1. The molecule has 0 saturated heterocycles. The van der Waals surface area contributed by atoms with Crippen LogP contribution in [0, 0.1) is 11.3 Å². The summed E-state index contributed by atoms with van der Waals surface area (Å²) in [7, 11) is 0. The van der Waals surface area contributed by atoms with E-state index in [2.05, 4.69) is 16.0 Å². The van der Waals surface area contributed by atoms with Gasteiger partial charge in [-0.25, -0.2) is 4.79 Å². The van der Waals surface area contributed by atoms with Gasteiger partial charge in [0.05, 0.1) is 18.4 Å². The molecule has 0 aromatic carbocycles. The lowest BCUT2D eigenvalue weighted by molar-refractivity contribution is 0.666. The van der Waals surface area contributed by atoms with Crippen molar-refractivity contribution >= 4 is 11.8 Å². The normalized spacial score (nSPS) is 12.9. The highest BCUT2D eigenvalue weighted by Crippen LogP contribution is 2.29. The van der Waals surface area contributed by atoms with Gasteiger partial charge in [0.15, 0.2) is 0 Å². The SMILES string of the molecule is N#CCSc1nc(=O)n(Cc2ccncc2)c2c1CCC2. The number of rotatable bonds is 4. The van der Waals surface area contributed by atoms with Crippen molar-refractivity contribution in [1.29, 1.82) is 5.26 Å². The lowest BCUT2D eigenvalue weighted by Crippen LogP contribution is -2.27. The van der Waals surface area contributed by atoms with Crippen molar-refractivity contribution in [3.8, 4) is 6.07 Å². The summed E-state index contributed by atoms with van der Waals surface area (Å²) in [6.07, 6.45) is 6.33. The monoisotopic (exact) mass is 298 g/mol. The van der Waals surface area contributed by atoms with Crippen molar-refractivity contribution in [3.63, 3.8) is 0 Å². The molecule has 2 heterocycles.